The maximum Gasteiger partial charge on any atom is 0.232 e. The zero-order valence-corrected chi connectivity index (χ0v) is 19.3. The van der Waals surface area contributed by atoms with Gasteiger partial charge in [-0.3, -0.25) is 9.78 Å². The number of anilines is 1. The zero-order chi connectivity index (χ0) is 22.8. The van der Waals surface area contributed by atoms with Crippen LogP contribution in [0.4, 0.5) is 5.13 Å². The van der Waals surface area contributed by atoms with Gasteiger partial charge < -0.3 is 10.3 Å². The Morgan fingerprint density at radius 1 is 0.970 bits per heavy atom. The molecule has 3 aromatic heterocycles. The second-order valence-corrected chi connectivity index (χ2v) is 9.52. The van der Waals surface area contributed by atoms with Crippen molar-refractivity contribution in [2.45, 2.75) is 19.8 Å². The number of nitrogens with zero attached hydrogens (tertiary/aromatic N) is 2. The third-order valence-corrected chi connectivity index (χ3v) is 6.75. The lowest BCUT2D eigenvalue weighted by molar-refractivity contribution is -0.124. The van der Waals surface area contributed by atoms with Gasteiger partial charge in [0.15, 0.2) is 5.13 Å². The first-order valence-electron chi connectivity index (χ1n) is 10.8. The number of fused-ring (bicyclic) bond motifs is 1. The van der Waals surface area contributed by atoms with Gasteiger partial charge in [0.2, 0.25) is 5.91 Å². The lowest BCUT2D eigenvalue weighted by Gasteiger charge is -2.34. The van der Waals surface area contributed by atoms with Crippen molar-refractivity contribution in [3.8, 4) is 11.3 Å². The molecule has 3 heterocycles. The third-order valence-electron chi connectivity index (χ3n) is 6.06. The van der Waals surface area contributed by atoms with E-state index in [1.165, 1.54) is 11.3 Å². The Morgan fingerprint density at radius 2 is 1.76 bits per heavy atom. The van der Waals surface area contributed by atoms with Crippen LogP contribution in [0.3, 0.4) is 0 Å². The molecule has 6 heteroatoms. The number of thiazole rings is 1. The van der Waals surface area contributed by atoms with E-state index in [1.54, 1.807) is 18.6 Å². The number of nitrogens with one attached hydrogen (secondary N) is 2. The third kappa shape index (κ3) is 4.17. The number of carbonyl (C=O) groups excluding carboxylic acids is 1. The molecule has 164 valence electrons. The Balaban J connectivity index is 1.57. The van der Waals surface area contributed by atoms with Gasteiger partial charge in [-0.2, -0.15) is 0 Å². The van der Waals surface area contributed by atoms with E-state index in [-0.39, 0.29) is 11.8 Å². The minimum Gasteiger partial charge on any atom is -0.355 e. The van der Waals surface area contributed by atoms with Gasteiger partial charge in [-0.15, -0.1) is 11.3 Å². The Hall–Kier alpha value is -3.77. The number of benzene rings is 2. The van der Waals surface area contributed by atoms with Crippen molar-refractivity contribution >= 4 is 33.3 Å². The molecule has 0 saturated carbocycles. The van der Waals surface area contributed by atoms with E-state index in [0.717, 1.165) is 33.3 Å². The highest BCUT2D eigenvalue weighted by atomic mass is 32.1. The van der Waals surface area contributed by atoms with Gasteiger partial charge in [-0.1, -0.05) is 50.2 Å². The molecule has 1 unspecified atom stereocenters. The van der Waals surface area contributed by atoms with Crippen LogP contribution in [-0.2, 0) is 4.79 Å². The van der Waals surface area contributed by atoms with Gasteiger partial charge in [0.25, 0.3) is 0 Å². The molecule has 0 bridgehead atoms. The molecule has 2 N–H and O–H groups in total. The SMILES string of the molecule is CC(C)(C(=O)Nc1nccs1)C(c1ccccc1)c1ccc2[nH]c(-c3ccncc3)cc2c1. The zero-order valence-electron chi connectivity index (χ0n) is 18.4. The summed E-state index contributed by atoms with van der Waals surface area (Å²) in [7, 11) is 0. The van der Waals surface area contributed by atoms with Gasteiger partial charge in [-0.25, -0.2) is 4.98 Å². The molecule has 33 heavy (non-hydrogen) atoms. The fourth-order valence-corrected chi connectivity index (χ4v) is 4.89. The van der Waals surface area contributed by atoms with Gasteiger partial charge >= 0.3 is 0 Å². The molecule has 0 aliphatic heterocycles. The first kappa shape index (κ1) is 21.1. The summed E-state index contributed by atoms with van der Waals surface area (Å²) in [5.74, 6) is -0.194. The molecule has 5 rings (SSSR count). The quantitative estimate of drug-likeness (QED) is 0.310. The fourth-order valence-electron chi connectivity index (χ4n) is 4.36. The van der Waals surface area contributed by atoms with Crippen molar-refractivity contribution in [3.05, 3.63) is 102 Å². The van der Waals surface area contributed by atoms with E-state index in [4.69, 9.17) is 0 Å². The molecule has 5 aromatic rings. The fraction of sp³-hybridized carbons (Fsp3) is 0.148. The molecule has 0 aliphatic carbocycles. The number of carbonyl (C=O) groups is 1. The van der Waals surface area contributed by atoms with Gasteiger partial charge in [0.05, 0.1) is 5.41 Å². The first-order valence-corrected chi connectivity index (χ1v) is 11.7. The van der Waals surface area contributed by atoms with Crippen LogP contribution < -0.4 is 5.32 Å². The van der Waals surface area contributed by atoms with E-state index >= 15 is 0 Å². The number of aromatic amines is 1. The number of hydrogen-bond acceptors (Lipinski definition) is 4. The maximum atomic E-state index is 13.4. The molecule has 0 aliphatic rings. The van der Waals surface area contributed by atoms with Crippen molar-refractivity contribution < 1.29 is 4.79 Å². The largest absolute Gasteiger partial charge is 0.355 e. The molecule has 2 aromatic carbocycles. The Labute approximate surface area is 196 Å². The predicted molar refractivity (Wildman–Crippen MR) is 134 cm³/mol. The number of rotatable bonds is 6. The van der Waals surface area contributed by atoms with Crippen LogP contribution in [0.5, 0.6) is 0 Å². The van der Waals surface area contributed by atoms with Crippen LogP contribution in [0.15, 0.2) is 90.7 Å². The van der Waals surface area contributed by atoms with Crippen LogP contribution in [0.1, 0.15) is 30.9 Å². The molecule has 0 saturated heterocycles. The molecule has 0 radical (unpaired) electrons. The second kappa shape index (κ2) is 8.64. The predicted octanol–water partition coefficient (Wildman–Crippen LogP) is 6.48. The average molecular weight is 453 g/mol. The summed E-state index contributed by atoms with van der Waals surface area (Å²) in [6.45, 7) is 3.99. The van der Waals surface area contributed by atoms with Crippen molar-refractivity contribution in [2.24, 2.45) is 5.41 Å². The standard InChI is InChI=1S/C27H24N4OS/c1-27(2,25(32)31-26-29-14-15-33-26)24(19-6-4-3-5-7-19)20-8-9-22-21(16-20)17-23(30-22)18-10-12-28-13-11-18/h3-17,24,30H,1-2H3,(H,29,31,32). The van der Waals surface area contributed by atoms with E-state index in [1.807, 2.05) is 49.6 Å². The first-order chi connectivity index (χ1) is 16.0. The van der Waals surface area contributed by atoms with Crippen molar-refractivity contribution in [2.75, 3.05) is 5.32 Å². The Bertz CT molecular complexity index is 1380. The summed E-state index contributed by atoms with van der Waals surface area (Å²) in [5.41, 5.74) is 4.66. The number of hydrogen-bond donors (Lipinski definition) is 2. The van der Waals surface area contributed by atoms with Crippen LogP contribution in [0, 0.1) is 5.41 Å². The molecule has 1 amide bonds. The van der Waals surface area contributed by atoms with Gasteiger partial charge in [-0.05, 0) is 41.5 Å². The summed E-state index contributed by atoms with van der Waals surface area (Å²) in [4.78, 5) is 25.2. The maximum absolute atomic E-state index is 13.4. The van der Waals surface area contributed by atoms with Crippen molar-refractivity contribution in [3.63, 3.8) is 0 Å². The van der Waals surface area contributed by atoms with Gasteiger partial charge in [0, 0.05) is 52.0 Å². The lowest BCUT2D eigenvalue weighted by Crippen LogP contribution is -2.37. The molecule has 1 atom stereocenters. The van der Waals surface area contributed by atoms with Crippen molar-refractivity contribution in [1.82, 2.24) is 15.0 Å². The summed E-state index contributed by atoms with van der Waals surface area (Å²) in [6.07, 6.45) is 5.28. The highest BCUT2D eigenvalue weighted by Gasteiger charge is 2.39. The topological polar surface area (TPSA) is 70.7 Å². The van der Waals surface area contributed by atoms with Crippen LogP contribution >= 0.6 is 11.3 Å². The monoisotopic (exact) mass is 452 g/mol. The minimum atomic E-state index is -0.717. The summed E-state index contributed by atoms with van der Waals surface area (Å²) in [6, 6.07) is 22.8. The van der Waals surface area contributed by atoms with Crippen molar-refractivity contribution in [1.29, 1.82) is 0 Å². The Kier molecular flexibility index (Phi) is 5.52. The second-order valence-electron chi connectivity index (χ2n) is 8.62. The normalized spacial score (nSPS) is 12.5. The number of amides is 1. The summed E-state index contributed by atoms with van der Waals surface area (Å²) >= 11 is 1.42. The molecular weight excluding hydrogens is 428 g/mol. The van der Waals surface area contributed by atoms with Crippen LogP contribution in [-0.4, -0.2) is 20.9 Å². The highest BCUT2D eigenvalue weighted by Crippen LogP contribution is 2.43. The van der Waals surface area contributed by atoms with E-state index in [0.29, 0.717) is 5.13 Å². The molecule has 0 spiro atoms. The smallest absolute Gasteiger partial charge is 0.232 e. The molecular formula is C27H24N4OS. The molecule has 0 fully saturated rings. The van der Waals surface area contributed by atoms with E-state index in [9.17, 15) is 4.79 Å². The highest BCUT2D eigenvalue weighted by molar-refractivity contribution is 7.13. The lowest BCUT2D eigenvalue weighted by atomic mass is 9.70. The summed E-state index contributed by atoms with van der Waals surface area (Å²) in [5, 5.41) is 6.58. The number of aromatic nitrogens is 3. The number of pyridine rings is 1. The average Bonchev–Trinajstić information content (AvgIpc) is 3.50. The van der Waals surface area contributed by atoms with E-state index in [2.05, 4.69) is 56.7 Å². The van der Waals surface area contributed by atoms with Crippen LogP contribution in [0.2, 0.25) is 0 Å². The molecule has 5 nitrogen and oxygen atoms in total. The van der Waals surface area contributed by atoms with E-state index < -0.39 is 5.41 Å². The minimum absolute atomic E-state index is 0.0575. The Morgan fingerprint density at radius 3 is 2.48 bits per heavy atom. The van der Waals surface area contributed by atoms with Crippen LogP contribution in [0.25, 0.3) is 22.2 Å². The van der Waals surface area contributed by atoms with Gasteiger partial charge in [0.1, 0.15) is 0 Å². The number of H-pyrrole nitrogens is 1. The summed E-state index contributed by atoms with van der Waals surface area (Å²) < 4.78 is 0.